The summed E-state index contributed by atoms with van der Waals surface area (Å²) in [5, 5.41) is 0. The number of halogens is 1. The lowest BCUT2D eigenvalue weighted by molar-refractivity contribution is 0.660. The largest absolute Gasteiger partial charge is 0.310 e. The van der Waals surface area contributed by atoms with Crippen LogP contribution in [0.5, 0.6) is 0 Å². The van der Waals surface area contributed by atoms with Crippen molar-refractivity contribution in [1.29, 1.82) is 0 Å². The first-order valence-electron chi connectivity index (χ1n) is 7.58. The van der Waals surface area contributed by atoms with Crippen LogP contribution in [0.15, 0.2) is 55.1 Å². The standard InChI is InChI=1S/C20H18IN/c1-13-7-6-12-22(21)17-11-10-16-19(18(13)17)14-8-4-5-9-15(14)20(16,2)3/h4-11H,1,12H2,2-3H3. The van der Waals surface area contributed by atoms with Gasteiger partial charge in [0.1, 0.15) is 0 Å². The van der Waals surface area contributed by atoms with Gasteiger partial charge in [0.05, 0.1) is 28.6 Å². The maximum atomic E-state index is 4.33. The Bertz CT molecular complexity index is 830. The normalized spacial score (nSPS) is 17.8. The molecule has 0 N–H and O–H groups in total. The van der Waals surface area contributed by atoms with Crippen LogP contribution in [-0.2, 0) is 5.41 Å². The SMILES string of the molecule is C=C1C=CCN(I)c2ccc3c(c21)-c1ccccc1C3(C)C. The predicted molar refractivity (Wildman–Crippen MR) is 104 cm³/mol. The second kappa shape index (κ2) is 4.72. The van der Waals surface area contributed by atoms with Crippen molar-refractivity contribution in [3.05, 3.63) is 71.8 Å². The van der Waals surface area contributed by atoms with Gasteiger partial charge in [-0.3, -0.25) is 0 Å². The average molecular weight is 399 g/mol. The van der Waals surface area contributed by atoms with E-state index in [1.54, 1.807) is 0 Å². The summed E-state index contributed by atoms with van der Waals surface area (Å²) in [6, 6.07) is 13.4. The number of fused-ring (bicyclic) bond motifs is 5. The lowest BCUT2D eigenvalue weighted by Gasteiger charge is -2.24. The van der Waals surface area contributed by atoms with E-state index in [1.807, 2.05) is 0 Å². The molecule has 0 radical (unpaired) electrons. The molecule has 2 aromatic rings. The second-order valence-electron chi connectivity index (χ2n) is 6.53. The van der Waals surface area contributed by atoms with E-state index < -0.39 is 0 Å². The van der Waals surface area contributed by atoms with E-state index in [0.717, 1.165) is 12.1 Å². The van der Waals surface area contributed by atoms with Crippen molar-refractivity contribution < 1.29 is 0 Å². The summed E-state index contributed by atoms with van der Waals surface area (Å²) >= 11 is 2.40. The Balaban J connectivity index is 2.13. The Kier molecular flexibility index (Phi) is 3.02. The highest BCUT2D eigenvalue weighted by molar-refractivity contribution is 14.1. The molecule has 0 bridgehead atoms. The quantitative estimate of drug-likeness (QED) is 0.404. The molecule has 22 heavy (non-hydrogen) atoms. The third kappa shape index (κ3) is 1.76. The summed E-state index contributed by atoms with van der Waals surface area (Å²) in [7, 11) is 0. The van der Waals surface area contributed by atoms with Crippen LogP contribution in [0.25, 0.3) is 16.7 Å². The van der Waals surface area contributed by atoms with Crippen LogP contribution in [0.4, 0.5) is 5.69 Å². The van der Waals surface area contributed by atoms with E-state index in [2.05, 4.69) is 95.0 Å². The molecule has 4 rings (SSSR count). The molecule has 0 atom stereocenters. The molecule has 0 fully saturated rings. The Labute approximate surface area is 145 Å². The van der Waals surface area contributed by atoms with Crippen LogP contribution >= 0.6 is 22.9 Å². The zero-order valence-electron chi connectivity index (χ0n) is 12.9. The number of hydrogen-bond donors (Lipinski definition) is 0. The van der Waals surface area contributed by atoms with Gasteiger partial charge >= 0.3 is 0 Å². The lowest BCUT2D eigenvalue weighted by Crippen LogP contribution is -2.15. The van der Waals surface area contributed by atoms with Gasteiger partial charge in [0.25, 0.3) is 0 Å². The summed E-state index contributed by atoms with van der Waals surface area (Å²) in [6.07, 6.45) is 4.35. The topological polar surface area (TPSA) is 3.24 Å². The van der Waals surface area contributed by atoms with Gasteiger partial charge in [-0.2, -0.15) is 0 Å². The number of nitrogens with zero attached hydrogens (tertiary/aromatic N) is 1. The number of hydrogen-bond acceptors (Lipinski definition) is 1. The van der Waals surface area contributed by atoms with E-state index in [4.69, 9.17) is 0 Å². The molecule has 0 unspecified atom stereocenters. The molecule has 0 spiro atoms. The minimum atomic E-state index is 0.0490. The second-order valence-corrected chi connectivity index (χ2v) is 7.69. The average Bonchev–Trinajstić information content (AvgIpc) is 2.64. The van der Waals surface area contributed by atoms with Crippen molar-refractivity contribution in [2.24, 2.45) is 0 Å². The molecule has 1 aliphatic heterocycles. The smallest absolute Gasteiger partial charge is 0.0594 e. The molecule has 0 aromatic heterocycles. The number of allylic oxidation sites excluding steroid dienone is 2. The summed E-state index contributed by atoms with van der Waals surface area (Å²) in [4.78, 5) is 0. The first kappa shape index (κ1) is 14.1. The van der Waals surface area contributed by atoms with Gasteiger partial charge in [0.15, 0.2) is 0 Å². The molecule has 2 aliphatic rings. The fraction of sp³-hybridized carbons (Fsp3) is 0.200. The number of benzene rings is 2. The summed E-state index contributed by atoms with van der Waals surface area (Å²) in [5.74, 6) is 0. The van der Waals surface area contributed by atoms with E-state index in [1.165, 1.54) is 33.5 Å². The Morgan fingerprint density at radius 1 is 1.05 bits per heavy atom. The molecule has 0 saturated heterocycles. The highest BCUT2D eigenvalue weighted by Gasteiger charge is 2.37. The molecule has 1 heterocycles. The van der Waals surface area contributed by atoms with Gasteiger partial charge in [0, 0.05) is 17.5 Å². The van der Waals surface area contributed by atoms with Gasteiger partial charge < -0.3 is 3.11 Å². The number of anilines is 1. The molecule has 110 valence electrons. The molecule has 2 heteroatoms. The Hall–Kier alpha value is -1.55. The summed E-state index contributed by atoms with van der Waals surface area (Å²) in [6.45, 7) is 9.89. The van der Waals surface area contributed by atoms with Crippen molar-refractivity contribution in [2.75, 3.05) is 9.66 Å². The lowest BCUT2D eigenvalue weighted by atomic mass is 9.82. The molecule has 2 aromatic carbocycles. The van der Waals surface area contributed by atoms with Crippen molar-refractivity contribution >= 4 is 34.1 Å². The number of rotatable bonds is 0. The molecule has 0 saturated carbocycles. The van der Waals surface area contributed by atoms with Gasteiger partial charge in [-0.25, -0.2) is 0 Å². The van der Waals surface area contributed by atoms with Crippen molar-refractivity contribution in [1.82, 2.24) is 0 Å². The third-order valence-electron chi connectivity index (χ3n) is 4.89. The maximum absolute atomic E-state index is 4.33. The van der Waals surface area contributed by atoms with Crippen LogP contribution < -0.4 is 3.11 Å². The van der Waals surface area contributed by atoms with Crippen LogP contribution in [0.3, 0.4) is 0 Å². The molecular formula is C20H18IN. The summed E-state index contributed by atoms with van der Waals surface area (Å²) in [5.41, 5.74) is 9.27. The Morgan fingerprint density at radius 2 is 1.82 bits per heavy atom. The van der Waals surface area contributed by atoms with Crippen molar-refractivity contribution in [2.45, 2.75) is 19.3 Å². The van der Waals surface area contributed by atoms with Gasteiger partial charge in [-0.1, -0.05) is 62.9 Å². The monoisotopic (exact) mass is 399 g/mol. The van der Waals surface area contributed by atoms with E-state index in [9.17, 15) is 0 Å². The van der Waals surface area contributed by atoms with Gasteiger partial charge in [-0.05, 0) is 33.9 Å². The molecular weight excluding hydrogens is 381 g/mol. The fourth-order valence-corrected chi connectivity index (χ4v) is 4.41. The third-order valence-corrected chi connectivity index (χ3v) is 5.81. The van der Waals surface area contributed by atoms with E-state index in [0.29, 0.717) is 0 Å². The van der Waals surface area contributed by atoms with E-state index in [-0.39, 0.29) is 5.41 Å². The highest BCUT2D eigenvalue weighted by Crippen LogP contribution is 2.53. The predicted octanol–water partition coefficient (Wildman–Crippen LogP) is 5.73. The highest BCUT2D eigenvalue weighted by atomic mass is 127. The van der Waals surface area contributed by atoms with Crippen LogP contribution in [-0.4, -0.2) is 6.54 Å². The minimum Gasteiger partial charge on any atom is -0.310 e. The molecule has 1 aliphatic carbocycles. The van der Waals surface area contributed by atoms with Crippen LogP contribution in [0, 0.1) is 0 Å². The fourth-order valence-electron chi connectivity index (χ4n) is 3.78. The van der Waals surface area contributed by atoms with Crippen LogP contribution in [0.2, 0.25) is 0 Å². The van der Waals surface area contributed by atoms with Crippen LogP contribution in [0.1, 0.15) is 30.5 Å². The molecule has 1 nitrogen and oxygen atoms in total. The first-order valence-corrected chi connectivity index (χ1v) is 8.55. The Morgan fingerprint density at radius 3 is 2.64 bits per heavy atom. The molecule has 0 amide bonds. The van der Waals surface area contributed by atoms with Crippen molar-refractivity contribution in [3.8, 4) is 11.1 Å². The van der Waals surface area contributed by atoms with Gasteiger partial charge in [-0.15, -0.1) is 0 Å². The van der Waals surface area contributed by atoms with Crippen molar-refractivity contribution in [3.63, 3.8) is 0 Å². The van der Waals surface area contributed by atoms with E-state index >= 15 is 0 Å². The zero-order chi connectivity index (χ0) is 15.5. The summed E-state index contributed by atoms with van der Waals surface area (Å²) < 4.78 is 2.27. The van der Waals surface area contributed by atoms with Gasteiger partial charge in [0.2, 0.25) is 0 Å². The first-order chi connectivity index (χ1) is 10.5. The zero-order valence-corrected chi connectivity index (χ0v) is 15.0. The minimum absolute atomic E-state index is 0.0490. The maximum Gasteiger partial charge on any atom is 0.0594 e.